The number of rotatable bonds is 7. The van der Waals surface area contributed by atoms with Crippen molar-refractivity contribution in [1.29, 1.82) is 0 Å². The number of hydrogen-bond acceptors (Lipinski definition) is 9. The van der Waals surface area contributed by atoms with Gasteiger partial charge in [0.25, 0.3) is 5.91 Å². The molecule has 40 heavy (non-hydrogen) atoms. The highest BCUT2D eigenvalue weighted by Crippen LogP contribution is 2.46. The van der Waals surface area contributed by atoms with Crippen LogP contribution in [0.5, 0.6) is 5.75 Å². The van der Waals surface area contributed by atoms with Crippen molar-refractivity contribution < 1.29 is 23.8 Å². The Bertz CT molecular complexity index is 1440. The molecule has 3 aromatic rings. The molecule has 0 aromatic carbocycles. The van der Waals surface area contributed by atoms with Crippen molar-refractivity contribution in [2.75, 3.05) is 36.5 Å². The number of aliphatic hydroxyl groups is 1. The van der Waals surface area contributed by atoms with E-state index in [1.54, 1.807) is 0 Å². The SMILES string of the molecule is O=C1COc2ccc(CNC34CCC(CCc5c(F)cnc6ccc(N7CC[C@@H](O)C7)nc56)(CC3)OC4)nc2N1. The van der Waals surface area contributed by atoms with E-state index >= 15 is 4.39 Å². The number of fused-ring (bicyclic) bond motifs is 5. The summed E-state index contributed by atoms with van der Waals surface area (Å²) in [5, 5.41) is 16.4. The minimum atomic E-state index is -0.357. The topological polar surface area (TPSA) is 122 Å². The lowest BCUT2D eigenvalue weighted by molar-refractivity contribution is -0.165. The number of hydrogen-bond donors (Lipinski definition) is 3. The third-order valence-corrected chi connectivity index (χ3v) is 9.02. The zero-order valence-corrected chi connectivity index (χ0v) is 22.3. The maximum atomic E-state index is 15.1. The third-order valence-electron chi connectivity index (χ3n) is 9.02. The highest BCUT2D eigenvalue weighted by Gasteiger charge is 2.49. The minimum Gasteiger partial charge on any atom is -0.480 e. The molecule has 1 amide bonds. The zero-order chi connectivity index (χ0) is 27.3. The summed E-state index contributed by atoms with van der Waals surface area (Å²) >= 11 is 0. The molecule has 10 nitrogen and oxygen atoms in total. The molecule has 7 heterocycles. The number of anilines is 2. The quantitative estimate of drug-likeness (QED) is 0.409. The van der Waals surface area contributed by atoms with Crippen LogP contribution in [0.15, 0.2) is 30.5 Å². The summed E-state index contributed by atoms with van der Waals surface area (Å²) < 4.78 is 27.0. The number of aromatic nitrogens is 3. The molecule has 210 valence electrons. The molecular weight excluding hydrogens is 515 g/mol. The lowest BCUT2D eigenvalue weighted by atomic mass is 9.69. The average Bonchev–Trinajstić information content (AvgIpc) is 3.42. The second kappa shape index (κ2) is 9.90. The number of ether oxygens (including phenoxy) is 2. The second-order valence-electron chi connectivity index (χ2n) is 11.6. The van der Waals surface area contributed by atoms with Gasteiger partial charge >= 0.3 is 0 Å². The number of aryl methyl sites for hydroxylation is 1. The summed E-state index contributed by atoms with van der Waals surface area (Å²) in [5.41, 5.74) is 2.29. The van der Waals surface area contributed by atoms with Crippen molar-refractivity contribution in [3.05, 3.63) is 47.5 Å². The molecule has 8 rings (SSSR count). The van der Waals surface area contributed by atoms with Crippen molar-refractivity contribution in [1.82, 2.24) is 20.3 Å². The molecule has 0 spiro atoms. The first-order chi connectivity index (χ1) is 19.4. The Hall–Kier alpha value is -3.41. The third kappa shape index (κ3) is 4.76. The van der Waals surface area contributed by atoms with Gasteiger partial charge in [0.1, 0.15) is 11.6 Å². The first-order valence-corrected chi connectivity index (χ1v) is 14.1. The number of nitrogens with one attached hydrogen (secondary N) is 2. The van der Waals surface area contributed by atoms with Crippen LogP contribution in [0.25, 0.3) is 11.0 Å². The lowest BCUT2D eigenvalue weighted by Gasteiger charge is -2.53. The number of amides is 1. The van der Waals surface area contributed by atoms with Crippen LogP contribution in [0, 0.1) is 5.82 Å². The molecular formula is C29H33FN6O4. The van der Waals surface area contributed by atoms with Crippen LogP contribution in [0.4, 0.5) is 16.0 Å². The van der Waals surface area contributed by atoms with Gasteiger partial charge in [-0.25, -0.2) is 14.4 Å². The summed E-state index contributed by atoms with van der Waals surface area (Å²) in [4.78, 5) is 27.3. The Labute approximate surface area is 231 Å². The van der Waals surface area contributed by atoms with Gasteiger partial charge in [-0.2, -0.15) is 0 Å². The Morgan fingerprint density at radius 3 is 2.83 bits per heavy atom. The number of carbonyl (C=O) groups is 1. The highest BCUT2D eigenvalue weighted by molar-refractivity contribution is 5.94. The van der Waals surface area contributed by atoms with Crippen LogP contribution in [0.3, 0.4) is 0 Å². The largest absolute Gasteiger partial charge is 0.480 e. The van der Waals surface area contributed by atoms with Gasteiger partial charge in [0.15, 0.2) is 18.2 Å². The van der Waals surface area contributed by atoms with Gasteiger partial charge in [0.2, 0.25) is 0 Å². The maximum absolute atomic E-state index is 15.1. The Morgan fingerprint density at radius 1 is 1.18 bits per heavy atom. The fourth-order valence-electron chi connectivity index (χ4n) is 6.50. The van der Waals surface area contributed by atoms with Crippen LogP contribution in [-0.2, 0) is 22.5 Å². The predicted molar refractivity (Wildman–Crippen MR) is 146 cm³/mol. The van der Waals surface area contributed by atoms with Gasteiger partial charge < -0.3 is 30.1 Å². The number of aliphatic hydroxyl groups excluding tert-OH is 1. The van der Waals surface area contributed by atoms with E-state index in [0.29, 0.717) is 60.7 Å². The molecule has 1 aliphatic carbocycles. The highest BCUT2D eigenvalue weighted by atomic mass is 19.1. The summed E-state index contributed by atoms with van der Waals surface area (Å²) in [6, 6.07) is 7.54. The molecule has 11 heteroatoms. The van der Waals surface area contributed by atoms with E-state index in [9.17, 15) is 9.90 Å². The maximum Gasteiger partial charge on any atom is 0.263 e. The molecule has 5 aliphatic rings. The van der Waals surface area contributed by atoms with E-state index in [1.165, 1.54) is 6.20 Å². The summed E-state index contributed by atoms with van der Waals surface area (Å²) in [7, 11) is 0. The molecule has 4 fully saturated rings. The molecule has 3 N–H and O–H groups in total. The Kier molecular flexibility index (Phi) is 6.32. The molecule has 2 bridgehead atoms. The van der Waals surface area contributed by atoms with Crippen molar-refractivity contribution in [2.24, 2.45) is 0 Å². The van der Waals surface area contributed by atoms with E-state index in [1.807, 2.05) is 29.2 Å². The number of β-amino-alcohol motifs (C(OH)–C–C–N with tert-alkyl or cyclic N) is 1. The second-order valence-corrected chi connectivity index (χ2v) is 11.6. The van der Waals surface area contributed by atoms with E-state index < -0.39 is 0 Å². The molecule has 0 unspecified atom stereocenters. The van der Waals surface area contributed by atoms with Crippen molar-refractivity contribution in [3.8, 4) is 5.75 Å². The average molecular weight is 549 g/mol. The number of pyridine rings is 3. The Morgan fingerprint density at radius 2 is 2.05 bits per heavy atom. The van der Waals surface area contributed by atoms with Gasteiger partial charge in [-0.1, -0.05) is 0 Å². The van der Waals surface area contributed by atoms with Gasteiger partial charge in [-0.3, -0.25) is 9.78 Å². The fraction of sp³-hybridized carbons (Fsp3) is 0.517. The van der Waals surface area contributed by atoms with Gasteiger partial charge in [-0.05, 0) is 69.2 Å². The number of carbonyl (C=O) groups excluding carboxylic acids is 1. The minimum absolute atomic E-state index is 0.0136. The van der Waals surface area contributed by atoms with E-state index in [2.05, 4.69) is 20.6 Å². The molecule has 4 aliphatic heterocycles. The van der Waals surface area contributed by atoms with Crippen molar-refractivity contribution in [3.63, 3.8) is 0 Å². The van der Waals surface area contributed by atoms with Crippen LogP contribution in [-0.4, -0.2) is 69.5 Å². The molecule has 1 saturated carbocycles. The van der Waals surface area contributed by atoms with E-state index in [4.69, 9.17) is 14.5 Å². The van der Waals surface area contributed by atoms with Crippen molar-refractivity contribution in [2.45, 2.75) is 68.7 Å². The lowest BCUT2D eigenvalue weighted by Crippen LogP contribution is -2.61. The van der Waals surface area contributed by atoms with Gasteiger partial charge in [0, 0.05) is 30.7 Å². The molecule has 3 saturated heterocycles. The summed E-state index contributed by atoms with van der Waals surface area (Å²) in [6.07, 6.45) is 6.63. The van der Waals surface area contributed by atoms with Crippen LogP contribution in [0.2, 0.25) is 0 Å². The van der Waals surface area contributed by atoms with E-state index in [0.717, 1.165) is 50.2 Å². The molecule has 3 aromatic heterocycles. The standard InChI is InChI=1S/C29H33FN6O4/c30-21-14-31-22-2-4-24(36-12-6-19(37)15-36)34-26(22)20(21)5-7-29-10-8-28(9-11-29,17-40-29)32-13-18-1-3-23-27(33-18)35-25(38)16-39-23/h1-4,14,19,32,37H,5-13,15-17H2,(H,33,35,38)/t19-,28?,29?/m1/s1. The number of nitrogens with zero attached hydrogens (tertiary/aromatic N) is 4. The first-order valence-electron chi connectivity index (χ1n) is 14.1. The number of halogens is 1. The van der Waals surface area contributed by atoms with Crippen LogP contribution < -0.4 is 20.3 Å². The molecule has 0 radical (unpaired) electrons. The fourth-order valence-corrected chi connectivity index (χ4v) is 6.50. The monoisotopic (exact) mass is 548 g/mol. The normalized spacial score (nSPS) is 27.5. The van der Waals surface area contributed by atoms with Gasteiger partial charge in [0.05, 0.1) is 41.2 Å². The molecule has 1 atom stereocenters. The van der Waals surface area contributed by atoms with Gasteiger partial charge in [-0.15, -0.1) is 0 Å². The van der Waals surface area contributed by atoms with Crippen LogP contribution >= 0.6 is 0 Å². The summed E-state index contributed by atoms with van der Waals surface area (Å²) in [6.45, 7) is 2.45. The Balaban J connectivity index is 1.01. The zero-order valence-electron chi connectivity index (χ0n) is 22.3. The summed E-state index contributed by atoms with van der Waals surface area (Å²) in [5.74, 6) is 1.27. The van der Waals surface area contributed by atoms with Crippen molar-refractivity contribution >= 4 is 28.6 Å². The van der Waals surface area contributed by atoms with E-state index in [-0.39, 0.29) is 35.6 Å². The van der Waals surface area contributed by atoms with Crippen LogP contribution in [0.1, 0.15) is 49.8 Å². The predicted octanol–water partition coefficient (Wildman–Crippen LogP) is 2.87. The smallest absolute Gasteiger partial charge is 0.263 e. The first kappa shape index (κ1) is 25.6.